The molecule has 1 unspecified atom stereocenters. The van der Waals surface area contributed by atoms with Gasteiger partial charge in [0.15, 0.2) is 0 Å². The Morgan fingerprint density at radius 1 is 0.710 bits per heavy atom. The van der Waals surface area contributed by atoms with Crippen molar-refractivity contribution >= 4 is 6.08 Å². The van der Waals surface area contributed by atoms with Crippen molar-refractivity contribution in [2.24, 2.45) is 0 Å². The first-order valence-electron chi connectivity index (χ1n) is 11.2. The van der Waals surface area contributed by atoms with Crippen LogP contribution in [0.3, 0.4) is 0 Å². The highest BCUT2D eigenvalue weighted by Gasteiger charge is 2.32. The number of benzene rings is 4. The van der Waals surface area contributed by atoms with Gasteiger partial charge in [-0.2, -0.15) is 0 Å². The van der Waals surface area contributed by atoms with E-state index in [9.17, 15) is 0 Å². The topological polar surface area (TPSA) is 0 Å². The van der Waals surface area contributed by atoms with E-state index in [4.69, 9.17) is 0 Å². The van der Waals surface area contributed by atoms with Gasteiger partial charge >= 0.3 is 0 Å². The molecule has 4 aromatic rings. The zero-order valence-electron chi connectivity index (χ0n) is 18.4. The van der Waals surface area contributed by atoms with Crippen molar-refractivity contribution in [3.8, 4) is 22.3 Å². The fourth-order valence-corrected chi connectivity index (χ4v) is 5.75. The van der Waals surface area contributed by atoms with Gasteiger partial charge in [0, 0.05) is 5.92 Å². The van der Waals surface area contributed by atoms with Gasteiger partial charge in [-0.3, -0.25) is 0 Å². The normalized spacial score (nSPS) is 16.0. The van der Waals surface area contributed by atoms with Gasteiger partial charge in [-0.05, 0) is 88.4 Å². The lowest BCUT2D eigenvalue weighted by Crippen LogP contribution is -2.06. The third-order valence-corrected chi connectivity index (χ3v) is 7.32. The Bertz CT molecular complexity index is 1370. The highest BCUT2D eigenvalue weighted by molar-refractivity contribution is 5.86. The van der Waals surface area contributed by atoms with Crippen molar-refractivity contribution in [2.45, 2.75) is 33.1 Å². The Balaban J connectivity index is 1.57. The van der Waals surface area contributed by atoms with E-state index in [-0.39, 0.29) is 0 Å². The van der Waals surface area contributed by atoms with Crippen LogP contribution in [0.4, 0.5) is 0 Å². The van der Waals surface area contributed by atoms with E-state index in [1.54, 1.807) is 0 Å². The smallest absolute Gasteiger partial charge is 0.0308 e. The number of allylic oxidation sites excluding steroid dienone is 1. The molecule has 2 aliphatic rings. The first-order valence-corrected chi connectivity index (χ1v) is 11.2. The standard InChI is InChI=1S/C31H26/c1-19-16-28(29-18-23-12-7-8-13-25(23)31(29)21(19)3)30-20(2)17-27-24(14-9-15-26(27)30)22-10-5-4-6-11-22/h4-17,30H,18H2,1-3H3. The predicted molar refractivity (Wildman–Crippen MR) is 132 cm³/mol. The summed E-state index contributed by atoms with van der Waals surface area (Å²) in [5, 5.41) is 0. The molecule has 0 nitrogen and oxygen atoms in total. The quantitative estimate of drug-likeness (QED) is 0.282. The van der Waals surface area contributed by atoms with Crippen LogP contribution in [0.25, 0.3) is 28.3 Å². The van der Waals surface area contributed by atoms with Gasteiger partial charge in [0.1, 0.15) is 0 Å². The second-order valence-corrected chi connectivity index (χ2v) is 9.09. The summed E-state index contributed by atoms with van der Waals surface area (Å²) in [6, 6.07) is 29.0. The summed E-state index contributed by atoms with van der Waals surface area (Å²) in [6.45, 7) is 6.87. The van der Waals surface area contributed by atoms with Crippen LogP contribution >= 0.6 is 0 Å². The lowest BCUT2D eigenvalue weighted by atomic mass is 9.81. The molecule has 0 saturated carbocycles. The van der Waals surface area contributed by atoms with Crippen LogP contribution < -0.4 is 0 Å². The van der Waals surface area contributed by atoms with Gasteiger partial charge in [0.2, 0.25) is 0 Å². The molecule has 0 spiro atoms. The molecule has 4 aromatic carbocycles. The van der Waals surface area contributed by atoms with Crippen LogP contribution in [0.2, 0.25) is 0 Å². The summed E-state index contributed by atoms with van der Waals surface area (Å²) < 4.78 is 0. The molecule has 2 aliphatic carbocycles. The molecule has 0 bridgehead atoms. The highest BCUT2D eigenvalue weighted by atomic mass is 14.4. The van der Waals surface area contributed by atoms with Crippen molar-refractivity contribution in [1.82, 2.24) is 0 Å². The van der Waals surface area contributed by atoms with E-state index in [1.807, 2.05) is 0 Å². The third-order valence-electron chi connectivity index (χ3n) is 7.32. The minimum absolute atomic E-state index is 0.334. The van der Waals surface area contributed by atoms with Gasteiger partial charge in [-0.15, -0.1) is 0 Å². The van der Waals surface area contributed by atoms with E-state index in [2.05, 4.69) is 106 Å². The fourth-order valence-electron chi connectivity index (χ4n) is 5.75. The molecule has 0 N–H and O–H groups in total. The first-order chi connectivity index (χ1) is 15.1. The molecule has 0 saturated heterocycles. The molecule has 6 rings (SSSR count). The van der Waals surface area contributed by atoms with E-state index < -0.39 is 0 Å². The predicted octanol–water partition coefficient (Wildman–Crippen LogP) is 8.09. The molecule has 0 amide bonds. The SMILES string of the molecule is CC1=Cc2c(-c3ccccc3)cccc2C1c1cc(C)c(C)c2c1Cc1ccccc1-2. The summed E-state index contributed by atoms with van der Waals surface area (Å²) in [7, 11) is 0. The van der Waals surface area contributed by atoms with Gasteiger partial charge in [0.05, 0.1) is 0 Å². The van der Waals surface area contributed by atoms with E-state index in [0.717, 1.165) is 6.42 Å². The molecule has 0 heterocycles. The lowest BCUT2D eigenvalue weighted by Gasteiger charge is -2.22. The van der Waals surface area contributed by atoms with Crippen LogP contribution in [0.5, 0.6) is 0 Å². The average Bonchev–Trinajstić information content (AvgIpc) is 3.34. The van der Waals surface area contributed by atoms with Crippen molar-refractivity contribution in [1.29, 1.82) is 0 Å². The number of hydrogen-bond acceptors (Lipinski definition) is 0. The van der Waals surface area contributed by atoms with Crippen LogP contribution in [0.1, 0.15) is 51.8 Å². The Morgan fingerprint density at radius 2 is 1.45 bits per heavy atom. The van der Waals surface area contributed by atoms with Gasteiger partial charge in [-0.1, -0.05) is 90.5 Å². The van der Waals surface area contributed by atoms with Crippen molar-refractivity contribution in [3.63, 3.8) is 0 Å². The Morgan fingerprint density at radius 3 is 2.29 bits per heavy atom. The Hall–Kier alpha value is -3.38. The second kappa shape index (κ2) is 6.82. The second-order valence-electron chi connectivity index (χ2n) is 9.09. The summed E-state index contributed by atoms with van der Waals surface area (Å²) in [6.07, 6.45) is 3.46. The van der Waals surface area contributed by atoms with Crippen molar-refractivity contribution in [3.05, 3.63) is 123 Å². The van der Waals surface area contributed by atoms with E-state index in [1.165, 1.54) is 66.8 Å². The summed E-state index contributed by atoms with van der Waals surface area (Å²) in [5.74, 6) is 0.334. The van der Waals surface area contributed by atoms with Crippen LogP contribution in [0.15, 0.2) is 84.4 Å². The maximum absolute atomic E-state index is 2.46. The molecule has 31 heavy (non-hydrogen) atoms. The van der Waals surface area contributed by atoms with Gasteiger partial charge < -0.3 is 0 Å². The summed E-state index contributed by atoms with van der Waals surface area (Å²) in [4.78, 5) is 0. The number of hydrogen-bond donors (Lipinski definition) is 0. The molecule has 0 aliphatic heterocycles. The molecule has 1 atom stereocenters. The van der Waals surface area contributed by atoms with Crippen LogP contribution in [0, 0.1) is 13.8 Å². The minimum atomic E-state index is 0.334. The lowest BCUT2D eigenvalue weighted by molar-refractivity contribution is 0.949. The number of aryl methyl sites for hydroxylation is 1. The van der Waals surface area contributed by atoms with E-state index >= 15 is 0 Å². The minimum Gasteiger partial charge on any atom is -0.0622 e. The molecule has 0 radical (unpaired) electrons. The maximum atomic E-state index is 2.46. The highest BCUT2D eigenvalue weighted by Crippen LogP contribution is 2.50. The maximum Gasteiger partial charge on any atom is 0.0308 e. The fraction of sp³-hybridized carbons (Fsp3) is 0.161. The van der Waals surface area contributed by atoms with Crippen molar-refractivity contribution in [2.75, 3.05) is 0 Å². The number of rotatable bonds is 2. The Kier molecular flexibility index (Phi) is 4.05. The first kappa shape index (κ1) is 18.4. The molecular formula is C31H26. The molecule has 0 heteroatoms. The summed E-state index contributed by atoms with van der Waals surface area (Å²) in [5.41, 5.74) is 17.1. The zero-order chi connectivity index (χ0) is 21.1. The molecular weight excluding hydrogens is 372 g/mol. The number of fused-ring (bicyclic) bond motifs is 4. The monoisotopic (exact) mass is 398 g/mol. The van der Waals surface area contributed by atoms with Crippen molar-refractivity contribution < 1.29 is 0 Å². The van der Waals surface area contributed by atoms with Gasteiger partial charge in [-0.25, -0.2) is 0 Å². The molecule has 150 valence electrons. The van der Waals surface area contributed by atoms with Crippen LogP contribution in [-0.2, 0) is 6.42 Å². The molecule has 0 aromatic heterocycles. The summed E-state index contributed by atoms with van der Waals surface area (Å²) >= 11 is 0. The van der Waals surface area contributed by atoms with Gasteiger partial charge in [0.25, 0.3) is 0 Å². The third kappa shape index (κ3) is 2.68. The average molecular weight is 399 g/mol. The molecule has 0 fully saturated rings. The Labute approximate surface area is 184 Å². The van der Waals surface area contributed by atoms with Crippen LogP contribution in [-0.4, -0.2) is 0 Å². The zero-order valence-corrected chi connectivity index (χ0v) is 18.4. The van der Waals surface area contributed by atoms with E-state index in [0.29, 0.717) is 5.92 Å². The largest absolute Gasteiger partial charge is 0.0622 e.